The van der Waals surface area contributed by atoms with Gasteiger partial charge >= 0.3 is 7.12 Å². The highest BCUT2D eigenvalue weighted by Gasteiger charge is 2.52. The molecule has 3 heteroatoms. The number of rotatable bonds is 5. The molecular formula is C20H31BO2. The number of benzene rings is 1. The van der Waals surface area contributed by atoms with Crippen molar-refractivity contribution in [3.8, 4) is 0 Å². The third kappa shape index (κ3) is 3.72. The summed E-state index contributed by atoms with van der Waals surface area (Å²) >= 11 is 0. The maximum atomic E-state index is 6.19. The molecule has 0 spiro atoms. The van der Waals surface area contributed by atoms with Crippen LogP contribution in [0, 0.1) is 6.92 Å². The smallest absolute Gasteiger partial charge is 0.399 e. The van der Waals surface area contributed by atoms with Crippen LogP contribution in [0.1, 0.15) is 71.9 Å². The zero-order valence-corrected chi connectivity index (χ0v) is 15.8. The van der Waals surface area contributed by atoms with Crippen LogP contribution in [-0.2, 0) is 9.31 Å². The van der Waals surface area contributed by atoms with Crippen molar-refractivity contribution in [2.24, 2.45) is 0 Å². The van der Waals surface area contributed by atoms with Crippen LogP contribution in [0.4, 0.5) is 0 Å². The molecule has 0 N–H and O–H groups in total. The number of hydrogen-bond acceptors (Lipinski definition) is 2. The number of allylic oxidation sites excluding steroid dienone is 2. The summed E-state index contributed by atoms with van der Waals surface area (Å²) in [7, 11) is -0.279. The van der Waals surface area contributed by atoms with Crippen LogP contribution in [0.25, 0.3) is 5.57 Å². The molecular weight excluding hydrogens is 283 g/mol. The monoisotopic (exact) mass is 314 g/mol. The first kappa shape index (κ1) is 18.3. The molecule has 0 unspecified atom stereocenters. The lowest BCUT2D eigenvalue weighted by Gasteiger charge is -2.32. The van der Waals surface area contributed by atoms with E-state index in [1.165, 1.54) is 23.1 Å². The predicted molar refractivity (Wildman–Crippen MR) is 100 cm³/mol. The van der Waals surface area contributed by atoms with Gasteiger partial charge in [0, 0.05) is 0 Å². The molecule has 0 radical (unpaired) electrons. The maximum absolute atomic E-state index is 6.19. The van der Waals surface area contributed by atoms with Crippen LogP contribution >= 0.6 is 0 Å². The highest BCUT2D eigenvalue weighted by atomic mass is 16.7. The lowest BCUT2D eigenvalue weighted by atomic mass is 9.75. The van der Waals surface area contributed by atoms with Gasteiger partial charge in [-0.2, -0.15) is 0 Å². The molecule has 1 aromatic rings. The largest absolute Gasteiger partial charge is 0.495 e. The Morgan fingerprint density at radius 2 is 1.70 bits per heavy atom. The van der Waals surface area contributed by atoms with Gasteiger partial charge in [-0.15, -0.1) is 0 Å². The normalized spacial score (nSPS) is 20.1. The summed E-state index contributed by atoms with van der Waals surface area (Å²) in [6.45, 7) is 15.0. The van der Waals surface area contributed by atoms with Crippen molar-refractivity contribution in [1.82, 2.24) is 0 Å². The minimum Gasteiger partial charge on any atom is -0.399 e. The van der Waals surface area contributed by atoms with E-state index in [0.717, 1.165) is 18.3 Å². The lowest BCUT2D eigenvalue weighted by Crippen LogP contribution is -2.41. The maximum Gasteiger partial charge on any atom is 0.495 e. The van der Waals surface area contributed by atoms with Gasteiger partial charge in [-0.3, -0.25) is 0 Å². The van der Waals surface area contributed by atoms with Crippen molar-refractivity contribution in [3.63, 3.8) is 0 Å². The Bertz CT molecular complexity index is 571. The number of aryl methyl sites for hydroxylation is 1. The molecule has 1 saturated heterocycles. The molecule has 23 heavy (non-hydrogen) atoms. The minimum atomic E-state index is -0.293. The second-order valence-corrected chi connectivity index (χ2v) is 7.55. The van der Waals surface area contributed by atoms with E-state index in [0.29, 0.717) is 0 Å². The molecule has 0 saturated carbocycles. The molecule has 1 heterocycles. The Hall–Kier alpha value is -1.06. The van der Waals surface area contributed by atoms with Crippen molar-refractivity contribution >= 4 is 18.2 Å². The summed E-state index contributed by atoms with van der Waals surface area (Å²) in [4.78, 5) is 0. The van der Waals surface area contributed by atoms with E-state index >= 15 is 0 Å². The highest BCUT2D eigenvalue weighted by Crippen LogP contribution is 2.36. The third-order valence-corrected chi connectivity index (χ3v) is 5.12. The molecule has 0 bridgehead atoms. The standard InChI is InChI=1S/C20H31BO2/c1-8-10-16(11-9-2)17-12-13-18(15(3)14-17)21-22-19(4,5)20(6,7)23-21/h10,12-14H,8-9,11H2,1-7H3/b16-10+. The van der Waals surface area contributed by atoms with Gasteiger partial charge in [-0.05, 0) is 64.1 Å². The van der Waals surface area contributed by atoms with Crippen LogP contribution in [0.15, 0.2) is 24.3 Å². The Morgan fingerprint density at radius 1 is 1.09 bits per heavy atom. The quantitative estimate of drug-likeness (QED) is 0.721. The average Bonchev–Trinajstić information content (AvgIpc) is 2.66. The Balaban J connectivity index is 2.29. The summed E-state index contributed by atoms with van der Waals surface area (Å²) in [5.41, 5.74) is 4.56. The van der Waals surface area contributed by atoms with Crippen molar-refractivity contribution in [1.29, 1.82) is 0 Å². The molecule has 1 aliphatic rings. The summed E-state index contributed by atoms with van der Waals surface area (Å²) in [5, 5.41) is 0. The van der Waals surface area contributed by atoms with Crippen LogP contribution in [0.3, 0.4) is 0 Å². The molecule has 2 nitrogen and oxygen atoms in total. The van der Waals surface area contributed by atoms with Crippen molar-refractivity contribution < 1.29 is 9.31 Å². The molecule has 1 aliphatic heterocycles. The van der Waals surface area contributed by atoms with Crippen molar-refractivity contribution in [2.75, 3.05) is 0 Å². The fraction of sp³-hybridized carbons (Fsp3) is 0.600. The van der Waals surface area contributed by atoms with E-state index in [9.17, 15) is 0 Å². The predicted octanol–water partition coefficient (Wildman–Crippen LogP) is 4.89. The van der Waals surface area contributed by atoms with Crippen LogP contribution in [-0.4, -0.2) is 18.3 Å². The van der Waals surface area contributed by atoms with Gasteiger partial charge in [0.15, 0.2) is 0 Å². The molecule has 0 aliphatic carbocycles. The summed E-state index contributed by atoms with van der Waals surface area (Å²) < 4.78 is 12.4. The molecule has 0 amide bonds. The average molecular weight is 314 g/mol. The summed E-state index contributed by atoms with van der Waals surface area (Å²) in [6, 6.07) is 6.66. The molecule has 1 fully saturated rings. The van der Waals surface area contributed by atoms with Gasteiger partial charge in [0.25, 0.3) is 0 Å². The van der Waals surface area contributed by atoms with Gasteiger partial charge in [0.05, 0.1) is 11.2 Å². The Labute approximate surface area is 142 Å². The second kappa shape index (κ2) is 6.82. The van der Waals surface area contributed by atoms with E-state index in [2.05, 4.69) is 72.7 Å². The fourth-order valence-corrected chi connectivity index (χ4v) is 2.99. The van der Waals surface area contributed by atoms with Gasteiger partial charge in [-0.1, -0.05) is 50.1 Å². The van der Waals surface area contributed by atoms with E-state index < -0.39 is 0 Å². The molecule has 126 valence electrons. The molecule has 2 rings (SSSR count). The zero-order chi connectivity index (χ0) is 17.3. The van der Waals surface area contributed by atoms with E-state index in [4.69, 9.17) is 9.31 Å². The van der Waals surface area contributed by atoms with Crippen LogP contribution < -0.4 is 5.46 Å². The van der Waals surface area contributed by atoms with Gasteiger partial charge in [-0.25, -0.2) is 0 Å². The SMILES string of the molecule is CC/C=C(\CCC)c1ccc(B2OC(C)(C)C(C)(C)O2)c(C)c1. The number of hydrogen-bond donors (Lipinski definition) is 0. The van der Waals surface area contributed by atoms with Gasteiger partial charge in [0.1, 0.15) is 0 Å². The Kier molecular flexibility index (Phi) is 5.42. The first-order valence-electron chi connectivity index (χ1n) is 8.87. The van der Waals surface area contributed by atoms with Crippen molar-refractivity contribution in [3.05, 3.63) is 35.4 Å². The Morgan fingerprint density at radius 3 is 2.17 bits per heavy atom. The molecule has 1 aromatic carbocycles. The summed E-state index contributed by atoms with van der Waals surface area (Å²) in [6.07, 6.45) is 5.72. The van der Waals surface area contributed by atoms with Crippen molar-refractivity contribution in [2.45, 2.75) is 78.9 Å². The third-order valence-electron chi connectivity index (χ3n) is 5.12. The van der Waals surface area contributed by atoms with E-state index in [-0.39, 0.29) is 18.3 Å². The van der Waals surface area contributed by atoms with Gasteiger partial charge in [0.2, 0.25) is 0 Å². The fourth-order valence-electron chi connectivity index (χ4n) is 2.99. The lowest BCUT2D eigenvalue weighted by molar-refractivity contribution is 0.00578. The van der Waals surface area contributed by atoms with Gasteiger partial charge < -0.3 is 9.31 Å². The second-order valence-electron chi connectivity index (χ2n) is 7.55. The minimum absolute atomic E-state index is 0.279. The first-order chi connectivity index (χ1) is 10.7. The first-order valence-corrected chi connectivity index (χ1v) is 8.87. The highest BCUT2D eigenvalue weighted by molar-refractivity contribution is 6.62. The van der Waals surface area contributed by atoms with Crippen LogP contribution in [0.5, 0.6) is 0 Å². The van der Waals surface area contributed by atoms with Crippen LogP contribution in [0.2, 0.25) is 0 Å². The topological polar surface area (TPSA) is 18.5 Å². The zero-order valence-electron chi connectivity index (χ0n) is 15.8. The molecule has 0 aromatic heterocycles. The van der Waals surface area contributed by atoms with E-state index in [1.54, 1.807) is 0 Å². The summed E-state index contributed by atoms with van der Waals surface area (Å²) in [5.74, 6) is 0. The van der Waals surface area contributed by atoms with E-state index in [1.807, 2.05) is 0 Å². The molecule has 0 atom stereocenters.